The van der Waals surface area contributed by atoms with Crippen molar-refractivity contribution in [1.82, 2.24) is 13.5 Å². The van der Waals surface area contributed by atoms with Crippen molar-refractivity contribution in [1.29, 1.82) is 0 Å². The fourth-order valence-electron chi connectivity index (χ4n) is 3.17. The van der Waals surface area contributed by atoms with Gasteiger partial charge in [-0.3, -0.25) is 0 Å². The zero-order chi connectivity index (χ0) is 14.3. The molecule has 3 aliphatic rings. The fraction of sp³-hybridized carbons (Fsp3) is 1.00. The lowest BCUT2D eigenvalue weighted by Crippen LogP contribution is -2.40. The summed E-state index contributed by atoms with van der Waals surface area (Å²) in [5.74, 6) is 1.18. The maximum atomic E-state index is 12.2. The van der Waals surface area contributed by atoms with Crippen LogP contribution in [0.5, 0.6) is 0 Å². The van der Waals surface area contributed by atoms with Crippen LogP contribution in [0.15, 0.2) is 0 Å². The number of fused-ring (bicyclic) bond motifs is 1. The lowest BCUT2D eigenvalue weighted by molar-refractivity contribution is 0.0545. The first-order valence-electron chi connectivity index (χ1n) is 7.48. The molecule has 2 aliphatic heterocycles. The molecular formula is C13H25N3O3S. The maximum Gasteiger partial charge on any atom is 0.281 e. The van der Waals surface area contributed by atoms with Crippen LogP contribution in [0.3, 0.4) is 0 Å². The summed E-state index contributed by atoms with van der Waals surface area (Å²) in [5, 5.41) is 0. The topological polar surface area (TPSA) is 53.1 Å². The Labute approximate surface area is 121 Å². The summed E-state index contributed by atoms with van der Waals surface area (Å²) in [4.78, 5) is 2.47. The number of hydrogen-bond donors (Lipinski definition) is 0. The molecule has 1 aliphatic carbocycles. The summed E-state index contributed by atoms with van der Waals surface area (Å²) < 4.78 is 33.2. The Morgan fingerprint density at radius 3 is 2.60 bits per heavy atom. The van der Waals surface area contributed by atoms with Gasteiger partial charge < -0.3 is 9.64 Å². The smallest absolute Gasteiger partial charge is 0.281 e. The first-order valence-corrected chi connectivity index (χ1v) is 8.88. The van der Waals surface area contributed by atoms with Gasteiger partial charge in [0.15, 0.2) is 0 Å². The molecule has 116 valence electrons. The van der Waals surface area contributed by atoms with Crippen LogP contribution in [-0.4, -0.2) is 81.5 Å². The second-order valence-electron chi connectivity index (χ2n) is 6.48. The molecule has 0 unspecified atom stereocenters. The molecule has 2 saturated heterocycles. The largest absolute Gasteiger partial charge is 0.375 e. The molecule has 0 bridgehead atoms. The minimum atomic E-state index is -3.31. The van der Waals surface area contributed by atoms with Crippen LogP contribution in [0.25, 0.3) is 0 Å². The minimum absolute atomic E-state index is 0.0638. The molecule has 20 heavy (non-hydrogen) atoms. The quantitative estimate of drug-likeness (QED) is 0.724. The Morgan fingerprint density at radius 1 is 1.20 bits per heavy atom. The normalized spacial score (nSPS) is 33.4. The molecule has 2 heterocycles. The predicted molar refractivity (Wildman–Crippen MR) is 76.6 cm³/mol. The molecule has 0 radical (unpaired) electrons. The molecule has 0 spiro atoms. The molecule has 0 N–H and O–H groups in total. The van der Waals surface area contributed by atoms with E-state index in [0.717, 1.165) is 32.2 Å². The van der Waals surface area contributed by atoms with Gasteiger partial charge >= 0.3 is 0 Å². The Morgan fingerprint density at radius 2 is 1.95 bits per heavy atom. The van der Waals surface area contributed by atoms with Gasteiger partial charge in [-0.05, 0) is 18.8 Å². The van der Waals surface area contributed by atoms with Crippen LogP contribution >= 0.6 is 0 Å². The molecular weight excluding hydrogens is 278 g/mol. The van der Waals surface area contributed by atoms with Gasteiger partial charge in [0.1, 0.15) is 0 Å². The lowest BCUT2D eigenvalue weighted by Gasteiger charge is -2.24. The highest BCUT2D eigenvalue weighted by Gasteiger charge is 2.42. The standard InChI is InChI=1S/C13H25N3O3S/c1-14(2)20(17,18)16-9-12-8-15(7-11-3-4-11)5-6-19-13(12)10-16/h11-13H,3-10H2,1-2H3/t12-,13+/m1/s1. The zero-order valence-electron chi connectivity index (χ0n) is 12.4. The molecule has 3 fully saturated rings. The summed E-state index contributed by atoms with van der Waals surface area (Å²) in [6, 6.07) is 0. The van der Waals surface area contributed by atoms with Crippen molar-refractivity contribution < 1.29 is 13.2 Å². The van der Waals surface area contributed by atoms with E-state index in [1.807, 2.05) is 0 Å². The van der Waals surface area contributed by atoms with Gasteiger partial charge in [0.2, 0.25) is 0 Å². The van der Waals surface area contributed by atoms with Gasteiger partial charge in [-0.2, -0.15) is 17.0 Å². The van der Waals surface area contributed by atoms with E-state index in [-0.39, 0.29) is 6.10 Å². The summed E-state index contributed by atoms with van der Waals surface area (Å²) in [6.45, 7) is 4.94. The second kappa shape index (κ2) is 5.53. The Balaban J connectivity index is 1.64. The Kier molecular flexibility index (Phi) is 4.07. The number of nitrogens with zero attached hydrogens (tertiary/aromatic N) is 3. The van der Waals surface area contributed by atoms with Crippen molar-refractivity contribution in [3.8, 4) is 0 Å². The predicted octanol–water partition coefficient (Wildman–Crippen LogP) is -0.165. The molecule has 6 nitrogen and oxygen atoms in total. The molecule has 2 atom stereocenters. The van der Waals surface area contributed by atoms with E-state index >= 15 is 0 Å². The molecule has 0 aromatic heterocycles. The van der Waals surface area contributed by atoms with Gasteiger partial charge in [0, 0.05) is 52.7 Å². The maximum absolute atomic E-state index is 12.2. The fourth-order valence-corrected chi connectivity index (χ4v) is 4.35. The van der Waals surface area contributed by atoms with E-state index in [4.69, 9.17) is 4.74 Å². The lowest BCUT2D eigenvalue weighted by atomic mass is 10.1. The summed E-state index contributed by atoms with van der Waals surface area (Å²) in [5.41, 5.74) is 0. The van der Waals surface area contributed by atoms with E-state index in [0.29, 0.717) is 19.0 Å². The van der Waals surface area contributed by atoms with E-state index in [1.54, 1.807) is 18.4 Å². The highest BCUT2D eigenvalue weighted by atomic mass is 32.2. The Bertz CT molecular complexity index is 450. The van der Waals surface area contributed by atoms with Crippen LogP contribution in [0, 0.1) is 11.8 Å². The SMILES string of the molecule is CN(C)S(=O)(=O)N1C[C@H]2CN(CC3CC3)CCO[C@H]2C1. The van der Waals surface area contributed by atoms with Crippen molar-refractivity contribution in [3.63, 3.8) is 0 Å². The van der Waals surface area contributed by atoms with Crippen molar-refractivity contribution in [3.05, 3.63) is 0 Å². The van der Waals surface area contributed by atoms with Crippen molar-refractivity contribution in [2.75, 3.05) is 53.4 Å². The van der Waals surface area contributed by atoms with E-state index in [9.17, 15) is 8.42 Å². The average molecular weight is 303 g/mol. The summed E-state index contributed by atoms with van der Waals surface area (Å²) >= 11 is 0. The number of hydrogen-bond acceptors (Lipinski definition) is 4. The van der Waals surface area contributed by atoms with Crippen LogP contribution in [0.1, 0.15) is 12.8 Å². The minimum Gasteiger partial charge on any atom is -0.375 e. The van der Waals surface area contributed by atoms with Crippen LogP contribution < -0.4 is 0 Å². The van der Waals surface area contributed by atoms with Gasteiger partial charge in [-0.15, -0.1) is 0 Å². The van der Waals surface area contributed by atoms with Crippen molar-refractivity contribution in [2.24, 2.45) is 11.8 Å². The van der Waals surface area contributed by atoms with Gasteiger partial charge in [0.05, 0.1) is 12.7 Å². The van der Waals surface area contributed by atoms with E-state index in [1.165, 1.54) is 17.1 Å². The molecule has 0 aromatic carbocycles. The average Bonchev–Trinajstić information content (AvgIpc) is 3.13. The zero-order valence-corrected chi connectivity index (χ0v) is 13.2. The molecule has 7 heteroatoms. The van der Waals surface area contributed by atoms with E-state index in [2.05, 4.69) is 4.90 Å². The van der Waals surface area contributed by atoms with Crippen LogP contribution in [0.4, 0.5) is 0 Å². The molecule has 0 amide bonds. The first kappa shape index (κ1) is 14.7. The number of rotatable bonds is 4. The van der Waals surface area contributed by atoms with Crippen molar-refractivity contribution >= 4 is 10.2 Å². The third-order valence-electron chi connectivity index (χ3n) is 4.58. The van der Waals surface area contributed by atoms with Gasteiger partial charge in [-0.25, -0.2) is 0 Å². The highest BCUT2D eigenvalue weighted by Crippen LogP contribution is 2.32. The van der Waals surface area contributed by atoms with Crippen molar-refractivity contribution in [2.45, 2.75) is 18.9 Å². The summed E-state index contributed by atoms with van der Waals surface area (Å²) in [6.07, 6.45) is 2.77. The highest BCUT2D eigenvalue weighted by molar-refractivity contribution is 7.86. The molecule has 1 saturated carbocycles. The van der Waals surface area contributed by atoms with Gasteiger partial charge in [0.25, 0.3) is 10.2 Å². The third-order valence-corrected chi connectivity index (χ3v) is 6.45. The second-order valence-corrected chi connectivity index (χ2v) is 8.62. The van der Waals surface area contributed by atoms with Gasteiger partial charge in [-0.1, -0.05) is 0 Å². The Hall–Kier alpha value is -0.210. The number of ether oxygens (including phenoxy) is 1. The van der Waals surface area contributed by atoms with E-state index < -0.39 is 10.2 Å². The van der Waals surface area contributed by atoms with Crippen LogP contribution in [-0.2, 0) is 14.9 Å². The first-order chi connectivity index (χ1) is 9.46. The third kappa shape index (κ3) is 3.01. The van der Waals surface area contributed by atoms with Crippen LogP contribution in [0.2, 0.25) is 0 Å². The monoisotopic (exact) mass is 303 g/mol. The summed E-state index contributed by atoms with van der Waals surface area (Å²) in [7, 11) is -0.133. The molecule has 0 aromatic rings. The molecule has 3 rings (SSSR count).